The number of halogens is 1. The fraction of sp³-hybridized carbons (Fsp3) is 1.00. The molecule has 0 radical (unpaired) electrons. The zero-order valence-electron chi connectivity index (χ0n) is 7.52. The topological polar surface area (TPSA) is 3.24 Å². The first kappa shape index (κ1) is 9.34. The molecule has 1 saturated carbocycles. The second-order valence-electron chi connectivity index (χ2n) is 3.66. The molecule has 66 valence electrons. The van der Waals surface area contributed by atoms with Gasteiger partial charge in [0.05, 0.1) is 0 Å². The van der Waals surface area contributed by atoms with Crippen LogP contribution < -0.4 is 0 Å². The van der Waals surface area contributed by atoms with Gasteiger partial charge in [-0.1, -0.05) is 12.8 Å². The zero-order chi connectivity index (χ0) is 8.27. The summed E-state index contributed by atoms with van der Waals surface area (Å²) in [6, 6.07) is 0.816. The second-order valence-corrected chi connectivity index (χ2v) is 4.40. The number of rotatable bonds is 3. The fourth-order valence-electron chi connectivity index (χ4n) is 1.89. The molecule has 0 aliphatic heterocycles. The van der Waals surface area contributed by atoms with Crippen molar-refractivity contribution in [2.24, 2.45) is 0 Å². The SMILES string of the molecule is CC(Cl)CN(C)C1CCCC1. The van der Waals surface area contributed by atoms with Crippen molar-refractivity contribution in [1.29, 1.82) is 0 Å². The van der Waals surface area contributed by atoms with E-state index in [4.69, 9.17) is 11.6 Å². The number of nitrogens with zero attached hydrogens (tertiary/aromatic N) is 1. The van der Waals surface area contributed by atoms with Crippen LogP contribution in [0.3, 0.4) is 0 Å². The molecule has 1 unspecified atom stereocenters. The summed E-state index contributed by atoms with van der Waals surface area (Å²) >= 11 is 5.91. The molecule has 2 heteroatoms. The largest absolute Gasteiger partial charge is 0.302 e. The van der Waals surface area contributed by atoms with E-state index in [0.717, 1.165) is 12.6 Å². The predicted molar refractivity (Wildman–Crippen MR) is 50.2 cm³/mol. The van der Waals surface area contributed by atoms with E-state index in [-0.39, 0.29) is 0 Å². The van der Waals surface area contributed by atoms with Crippen LogP contribution in [0.4, 0.5) is 0 Å². The Morgan fingerprint density at radius 3 is 2.45 bits per heavy atom. The van der Waals surface area contributed by atoms with Gasteiger partial charge >= 0.3 is 0 Å². The van der Waals surface area contributed by atoms with E-state index in [1.807, 2.05) is 0 Å². The first-order chi connectivity index (χ1) is 5.20. The number of hydrogen-bond donors (Lipinski definition) is 0. The molecule has 1 aliphatic carbocycles. The molecule has 0 heterocycles. The molecule has 0 saturated heterocycles. The van der Waals surface area contributed by atoms with Crippen molar-refractivity contribution >= 4 is 11.6 Å². The Bertz CT molecular complexity index is 108. The summed E-state index contributed by atoms with van der Waals surface area (Å²) in [4.78, 5) is 2.41. The lowest BCUT2D eigenvalue weighted by Crippen LogP contribution is -2.33. The van der Waals surface area contributed by atoms with Crippen LogP contribution in [0.2, 0.25) is 0 Å². The Balaban J connectivity index is 2.22. The van der Waals surface area contributed by atoms with Gasteiger partial charge in [0, 0.05) is 18.0 Å². The smallest absolute Gasteiger partial charge is 0.0435 e. The van der Waals surface area contributed by atoms with E-state index in [1.165, 1.54) is 25.7 Å². The highest BCUT2D eigenvalue weighted by atomic mass is 35.5. The van der Waals surface area contributed by atoms with Gasteiger partial charge in [-0.05, 0) is 26.8 Å². The Kier molecular flexibility index (Phi) is 3.67. The van der Waals surface area contributed by atoms with Crippen molar-refractivity contribution in [2.75, 3.05) is 13.6 Å². The van der Waals surface area contributed by atoms with Crippen LogP contribution in [0, 0.1) is 0 Å². The average Bonchev–Trinajstić information content (AvgIpc) is 2.35. The van der Waals surface area contributed by atoms with Crippen LogP contribution in [0.25, 0.3) is 0 Å². The molecule has 1 atom stereocenters. The van der Waals surface area contributed by atoms with Crippen molar-refractivity contribution in [1.82, 2.24) is 4.90 Å². The van der Waals surface area contributed by atoms with Crippen LogP contribution in [0.5, 0.6) is 0 Å². The number of hydrogen-bond acceptors (Lipinski definition) is 1. The van der Waals surface area contributed by atoms with Crippen molar-refractivity contribution in [3.63, 3.8) is 0 Å². The summed E-state index contributed by atoms with van der Waals surface area (Å²) in [5, 5.41) is 0.292. The molecule has 1 aliphatic rings. The van der Waals surface area contributed by atoms with Gasteiger partial charge < -0.3 is 4.90 Å². The van der Waals surface area contributed by atoms with Crippen molar-refractivity contribution < 1.29 is 0 Å². The standard InChI is InChI=1S/C9H18ClN/c1-8(10)7-11(2)9-5-3-4-6-9/h8-9H,3-7H2,1-2H3. The Morgan fingerprint density at radius 2 is 2.00 bits per heavy atom. The van der Waals surface area contributed by atoms with Gasteiger partial charge in [-0.3, -0.25) is 0 Å². The van der Waals surface area contributed by atoms with Crippen LogP contribution in [-0.2, 0) is 0 Å². The summed E-state index contributed by atoms with van der Waals surface area (Å²) in [6.07, 6.45) is 5.57. The van der Waals surface area contributed by atoms with Gasteiger partial charge in [0.1, 0.15) is 0 Å². The number of alkyl halides is 1. The lowest BCUT2D eigenvalue weighted by atomic mass is 10.2. The van der Waals surface area contributed by atoms with Gasteiger partial charge in [-0.2, -0.15) is 0 Å². The van der Waals surface area contributed by atoms with Gasteiger partial charge in [0.2, 0.25) is 0 Å². The molecule has 1 fully saturated rings. The third-order valence-corrected chi connectivity index (χ3v) is 2.63. The molecule has 1 nitrogen and oxygen atoms in total. The van der Waals surface area contributed by atoms with Crippen LogP contribution >= 0.6 is 11.6 Å². The van der Waals surface area contributed by atoms with E-state index in [0.29, 0.717) is 5.38 Å². The quantitative estimate of drug-likeness (QED) is 0.596. The fourth-order valence-corrected chi connectivity index (χ4v) is 2.11. The maximum absolute atomic E-state index is 5.91. The monoisotopic (exact) mass is 175 g/mol. The average molecular weight is 176 g/mol. The lowest BCUT2D eigenvalue weighted by molar-refractivity contribution is 0.248. The molecule has 0 aromatic carbocycles. The van der Waals surface area contributed by atoms with E-state index < -0.39 is 0 Å². The molecule has 11 heavy (non-hydrogen) atoms. The first-order valence-corrected chi connectivity index (χ1v) is 4.98. The van der Waals surface area contributed by atoms with E-state index in [9.17, 15) is 0 Å². The minimum absolute atomic E-state index is 0.292. The molecule has 0 N–H and O–H groups in total. The zero-order valence-corrected chi connectivity index (χ0v) is 8.27. The van der Waals surface area contributed by atoms with Gasteiger partial charge in [-0.25, -0.2) is 0 Å². The maximum Gasteiger partial charge on any atom is 0.0435 e. The summed E-state index contributed by atoms with van der Waals surface area (Å²) in [6.45, 7) is 3.10. The summed E-state index contributed by atoms with van der Waals surface area (Å²) in [5.74, 6) is 0. The summed E-state index contributed by atoms with van der Waals surface area (Å²) in [7, 11) is 2.19. The first-order valence-electron chi connectivity index (χ1n) is 4.54. The van der Waals surface area contributed by atoms with E-state index in [1.54, 1.807) is 0 Å². The van der Waals surface area contributed by atoms with Crippen molar-refractivity contribution in [3.8, 4) is 0 Å². The summed E-state index contributed by atoms with van der Waals surface area (Å²) < 4.78 is 0. The van der Waals surface area contributed by atoms with Crippen molar-refractivity contribution in [2.45, 2.75) is 44.0 Å². The van der Waals surface area contributed by atoms with Crippen LogP contribution in [-0.4, -0.2) is 29.9 Å². The molecule has 0 aromatic rings. The maximum atomic E-state index is 5.91. The molecule has 0 bridgehead atoms. The van der Waals surface area contributed by atoms with Crippen LogP contribution in [0.1, 0.15) is 32.6 Å². The van der Waals surface area contributed by atoms with E-state index >= 15 is 0 Å². The third-order valence-electron chi connectivity index (χ3n) is 2.49. The highest BCUT2D eigenvalue weighted by Crippen LogP contribution is 2.22. The Labute approximate surface area is 74.7 Å². The normalized spacial score (nSPS) is 22.9. The van der Waals surface area contributed by atoms with Gasteiger partial charge in [-0.15, -0.1) is 11.6 Å². The van der Waals surface area contributed by atoms with Crippen molar-refractivity contribution in [3.05, 3.63) is 0 Å². The second kappa shape index (κ2) is 4.32. The molecule has 0 aromatic heterocycles. The third kappa shape index (κ3) is 3.00. The molecular formula is C9H18ClN. The highest BCUT2D eigenvalue weighted by Gasteiger charge is 2.19. The van der Waals surface area contributed by atoms with Gasteiger partial charge in [0.15, 0.2) is 0 Å². The molecule has 0 amide bonds. The Hall–Kier alpha value is 0.250. The Morgan fingerprint density at radius 1 is 1.45 bits per heavy atom. The molecule has 1 rings (SSSR count). The predicted octanol–water partition coefficient (Wildman–Crippen LogP) is 2.49. The molecular weight excluding hydrogens is 158 g/mol. The van der Waals surface area contributed by atoms with Gasteiger partial charge in [0.25, 0.3) is 0 Å². The highest BCUT2D eigenvalue weighted by molar-refractivity contribution is 6.20. The van der Waals surface area contributed by atoms with E-state index in [2.05, 4.69) is 18.9 Å². The minimum Gasteiger partial charge on any atom is -0.302 e. The molecule has 0 spiro atoms. The summed E-state index contributed by atoms with van der Waals surface area (Å²) in [5.41, 5.74) is 0. The lowest BCUT2D eigenvalue weighted by Gasteiger charge is -2.24. The minimum atomic E-state index is 0.292. The van der Waals surface area contributed by atoms with Crippen LogP contribution in [0.15, 0.2) is 0 Å².